The number of hydrogen-bond acceptors (Lipinski definition) is 7. The smallest absolute Gasteiger partial charge is 0.350 e. The first-order valence-corrected chi connectivity index (χ1v) is 8.82. The molecule has 2 heterocycles. The van der Waals surface area contributed by atoms with Crippen LogP contribution in [0.1, 0.15) is 35.6 Å². The molecule has 140 valence electrons. The van der Waals surface area contributed by atoms with Crippen LogP contribution in [0.4, 0.5) is 5.13 Å². The van der Waals surface area contributed by atoms with Crippen LogP contribution in [0.2, 0.25) is 0 Å². The standard InChI is InChI=1S/C16H20N4O5S/c1-9(2)8-25-14(23)13-10(3)17-15(26-13)18-11(21)4-6-20-7-5-12(22)19-16(20)24/h5,7,9H,4,6,8H2,1-3H3,(H,17,18,21)(H,19,22,24). The number of rotatable bonds is 7. The molecular formula is C16H20N4O5S. The summed E-state index contributed by atoms with van der Waals surface area (Å²) in [5, 5.41) is 2.89. The highest BCUT2D eigenvalue weighted by Gasteiger charge is 2.18. The molecule has 2 aromatic heterocycles. The van der Waals surface area contributed by atoms with E-state index >= 15 is 0 Å². The lowest BCUT2D eigenvalue weighted by Crippen LogP contribution is -2.29. The second-order valence-electron chi connectivity index (χ2n) is 6.03. The van der Waals surface area contributed by atoms with Gasteiger partial charge in [0.05, 0.1) is 12.3 Å². The fraction of sp³-hybridized carbons (Fsp3) is 0.438. The monoisotopic (exact) mass is 380 g/mol. The van der Waals surface area contributed by atoms with Crippen molar-refractivity contribution in [1.29, 1.82) is 0 Å². The first-order valence-electron chi connectivity index (χ1n) is 8.00. The number of H-pyrrole nitrogens is 1. The summed E-state index contributed by atoms with van der Waals surface area (Å²) in [6.45, 7) is 5.96. The summed E-state index contributed by atoms with van der Waals surface area (Å²) in [6.07, 6.45) is 1.34. The first-order chi connectivity index (χ1) is 12.3. The van der Waals surface area contributed by atoms with Gasteiger partial charge >= 0.3 is 11.7 Å². The van der Waals surface area contributed by atoms with E-state index in [4.69, 9.17) is 4.74 Å². The van der Waals surface area contributed by atoms with Crippen molar-refractivity contribution in [2.75, 3.05) is 11.9 Å². The van der Waals surface area contributed by atoms with Gasteiger partial charge in [-0.2, -0.15) is 0 Å². The predicted octanol–water partition coefficient (Wildman–Crippen LogP) is 1.14. The van der Waals surface area contributed by atoms with E-state index in [9.17, 15) is 19.2 Å². The van der Waals surface area contributed by atoms with Crippen LogP contribution < -0.4 is 16.6 Å². The van der Waals surface area contributed by atoms with Gasteiger partial charge in [0.15, 0.2) is 5.13 Å². The fourth-order valence-electron chi connectivity index (χ4n) is 1.97. The molecule has 0 aliphatic rings. The third kappa shape index (κ3) is 5.38. The van der Waals surface area contributed by atoms with Gasteiger partial charge in [-0.05, 0) is 12.8 Å². The van der Waals surface area contributed by atoms with E-state index in [1.54, 1.807) is 6.92 Å². The number of hydrogen-bond donors (Lipinski definition) is 2. The Morgan fingerprint density at radius 2 is 2.12 bits per heavy atom. The molecule has 0 bridgehead atoms. The number of carbonyl (C=O) groups is 2. The highest BCUT2D eigenvalue weighted by molar-refractivity contribution is 7.17. The van der Waals surface area contributed by atoms with Crippen LogP contribution in [0.15, 0.2) is 21.9 Å². The molecule has 10 heteroatoms. The number of esters is 1. The largest absolute Gasteiger partial charge is 0.461 e. The van der Waals surface area contributed by atoms with E-state index in [1.165, 1.54) is 16.8 Å². The van der Waals surface area contributed by atoms with Crippen LogP contribution in [-0.4, -0.2) is 33.0 Å². The van der Waals surface area contributed by atoms with Gasteiger partial charge in [0.2, 0.25) is 5.91 Å². The Hall–Kier alpha value is -2.75. The Morgan fingerprint density at radius 1 is 1.38 bits per heavy atom. The molecule has 0 fully saturated rings. The number of carbonyl (C=O) groups excluding carboxylic acids is 2. The normalized spacial score (nSPS) is 10.8. The molecule has 2 aromatic rings. The van der Waals surface area contributed by atoms with Crippen molar-refractivity contribution in [2.24, 2.45) is 5.92 Å². The van der Waals surface area contributed by atoms with E-state index in [0.29, 0.717) is 17.2 Å². The van der Waals surface area contributed by atoms with Gasteiger partial charge in [-0.1, -0.05) is 25.2 Å². The molecule has 2 N–H and O–H groups in total. The molecule has 26 heavy (non-hydrogen) atoms. The molecule has 2 rings (SSSR count). The lowest BCUT2D eigenvalue weighted by atomic mass is 10.2. The number of nitrogens with zero attached hydrogens (tertiary/aromatic N) is 2. The van der Waals surface area contributed by atoms with Crippen molar-refractivity contribution in [3.05, 3.63) is 43.7 Å². The summed E-state index contributed by atoms with van der Waals surface area (Å²) in [4.78, 5) is 53.2. The first kappa shape index (κ1) is 19.6. The lowest BCUT2D eigenvalue weighted by molar-refractivity contribution is -0.116. The number of amides is 1. The molecule has 9 nitrogen and oxygen atoms in total. The van der Waals surface area contributed by atoms with Crippen LogP contribution in [0.3, 0.4) is 0 Å². The Labute approximate surface area is 153 Å². The Kier molecular flexibility index (Phi) is 6.45. The van der Waals surface area contributed by atoms with E-state index in [1.807, 2.05) is 13.8 Å². The molecule has 0 unspecified atom stereocenters. The van der Waals surface area contributed by atoms with Gasteiger partial charge in [-0.15, -0.1) is 0 Å². The van der Waals surface area contributed by atoms with Crippen LogP contribution >= 0.6 is 11.3 Å². The van der Waals surface area contributed by atoms with Crippen molar-refractivity contribution in [1.82, 2.24) is 14.5 Å². The highest BCUT2D eigenvalue weighted by Crippen LogP contribution is 2.23. The van der Waals surface area contributed by atoms with Gasteiger partial charge in [0.1, 0.15) is 4.88 Å². The van der Waals surface area contributed by atoms with Crippen molar-refractivity contribution < 1.29 is 14.3 Å². The van der Waals surface area contributed by atoms with Crippen LogP contribution in [0.25, 0.3) is 0 Å². The predicted molar refractivity (Wildman–Crippen MR) is 96.5 cm³/mol. The second kappa shape index (κ2) is 8.56. The molecule has 0 radical (unpaired) electrons. The van der Waals surface area contributed by atoms with Gasteiger partial charge in [0, 0.05) is 25.2 Å². The van der Waals surface area contributed by atoms with Crippen molar-refractivity contribution in [3.8, 4) is 0 Å². The van der Waals surface area contributed by atoms with Gasteiger partial charge in [-0.25, -0.2) is 14.6 Å². The number of aromatic nitrogens is 3. The molecule has 0 saturated heterocycles. The minimum atomic E-state index is -0.578. The molecule has 0 aliphatic carbocycles. The molecule has 0 saturated carbocycles. The Balaban J connectivity index is 1.94. The maximum Gasteiger partial charge on any atom is 0.350 e. The lowest BCUT2D eigenvalue weighted by Gasteiger charge is -2.05. The van der Waals surface area contributed by atoms with Crippen molar-refractivity contribution in [3.63, 3.8) is 0 Å². The highest BCUT2D eigenvalue weighted by atomic mass is 32.1. The maximum absolute atomic E-state index is 12.0. The quantitative estimate of drug-likeness (QED) is 0.695. The van der Waals surface area contributed by atoms with Gasteiger partial charge < -0.3 is 14.6 Å². The summed E-state index contributed by atoms with van der Waals surface area (Å²) >= 11 is 1.04. The Morgan fingerprint density at radius 3 is 2.77 bits per heavy atom. The second-order valence-corrected chi connectivity index (χ2v) is 7.03. The third-order valence-corrected chi connectivity index (χ3v) is 4.31. The van der Waals surface area contributed by atoms with Crippen LogP contribution in [0, 0.1) is 12.8 Å². The minimum Gasteiger partial charge on any atom is -0.461 e. The topological polar surface area (TPSA) is 123 Å². The van der Waals surface area contributed by atoms with E-state index < -0.39 is 17.2 Å². The zero-order chi connectivity index (χ0) is 19.3. The summed E-state index contributed by atoms with van der Waals surface area (Å²) in [5.41, 5.74) is -0.590. The summed E-state index contributed by atoms with van der Waals surface area (Å²) in [5.74, 6) is -0.601. The number of aromatic amines is 1. The van der Waals surface area contributed by atoms with Gasteiger partial charge in [-0.3, -0.25) is 14.6 Å². The molecule has 0 aromatic carbocycles. The summed E-state index contributed by atoms with van der Waals surface area (Å²) < 4.78 is 6.39. The van der Waals surface area contributed by atoms with E-state index in [-0.39, 0.29) is 29.9 Å². The number of nitrogens with one attached hydrogen (secondary N) is 2. The Bertz CT molecular complexity index is 912. The minimum absolute atomic E-state index is 0.0116. The van der Waals surface area contributed by atoms with Crippen molar-refractivity contribution in [2.45, 2.75) is 33.7 Å². The summed E-state index contributed by atoms with van der Waals surface area (Å²) in [6, 6.07) is 1.21. The number of ether oxygens (including phenoxy) is 1. The average molecular weight is 380 g/mol. The van der Waals surface area contributed by atoms with Crippen LogP contribution in [-0.2, 0) is 16.1 Å². The van der Waals surface area contributed by atoms with E-state index in [0.717, 1.165) is 11.3 Å². The average Bonchev–Trinajstić information content (AvgIpc) is 2.92. The zero-order valence-corrected chi connectivity index (χ0v) is 15.5. The molecule has 0 aliphatic heterocycles. The van der Waals surface area contributed by atoms with Crippen LogP contribution in [0.5, 0.6) is 0 Å². The number of thiazole rings is 1. The number of aryl methyl sites for hydroxylation is 2. The molecule has 1 amide bonds. The SMILES string of the molecule is Cc1nc(NC(=O)CCn2ccc(=O)[nH]c2=O)sc1C(=O)OCC(C)C. The molecular weight excluding hydrogens is 360 g/mol. The zero-order valence-electron chi connectivity index (χ0n) is 14.7. The molecule has 0 atom stereocenters. The van der Waals surface area contributed by atoms with Crippen molar-refractivity contribution >= 4 is 28.3 Å². The maximum atomic E-state index is 12.0. The fourth-order valence-corrected chi connectivity index (χ4v) is 2.85. The molecule has 0 spiro atoms. The third-order valence-electron chi connectivity index (χ3n) is 3.25. The number of anilines is 1. The summed E-state index contributed by atoms with van der Waals surface area (Å²) in [7, 11) is 0. The van der Waals surface area contributed by atoms with Gasteiger partial charge in [0.25, 0.3) is 5.56 Å². The van der Waals surface area contributed by atoms with E-state index in [2.05, 4.69) is 15.3 Å².